The molecule has 0 saturated heterocycles. The van der Waals surface area contributed by atoms with Crippen molar-refractivity contribution in [2.24, 2.45) is 17.8 Å². The molecule has 4 saturated carbocycles. The lowest BCUT2D eigenvalue weighted by atomic mass is 9.47. The highest BCUT2D eigenvalue weighted by molar-refractivity contribution is 6.13. The average Bonchev–Trinajstić information content (AvgIpc) is 2.71. The third kappa shape index (κ3) is 2.07. The van der Waals surface area contributed by atoms with E-state index < -0.39 is 0 Å². The van der Waals surface area contributed by atoms with E-state index in [9.17, 15) is 0 Å². The Hall–Kier alpha value is -2.34. The zero-order chi connectivity index (χ0) is 18.3. The van der Waals surface area contributed by atoms with E-state index in [4.69, 9.17) is 0 Å². The van der Waals surface area contributed by atoms with Crippen molar-refractivity contribution >= 4 is 32.3 Å². The second-order valence-electron chi connectivity index (χ2n) is 10.1. The second-order valence-corrected chi connectivity index (χ2v) is 10.1. The van der Waals surface area contributed by atoms with Gasteiger partial charge in [-0.3, -0.25) is 0 Å². The third-order valence-electron chi connectivity index (χ3n) is 8.34. The van der Waals surface area contributed by atoms with E-state index >= 15 is 0 Å². The van der Waals surface area contributed by atoms with Gasteiger partial charge in [0.25, 0.3) is 0 Å². The molecule has 0 nitrogen and oxygen atoms in total. The minimum Gasteiger partial charge on any atom is -0.0616 e. The third-order valence-corrected chi connectivity index (χ3v) is 8.34. The Balaban J connectivity index is 1.56. The fourth-order valence-electron chi connectivity index (χ4n) is 7.68. The summed E-state index contributed by atoms with van der Waals surface area (Å²) in [6.07, 6.45) is 8.83. The van der Waals surface area contributed by atoms with Crippen molar-refractivity contribution in [3.63, 3.8) is 0 Å². The van der Waals surface area contributed by atoms with Gasteiger partial charge in [0, 0.05) is 0 Å². The largest absolute Gasteiger partial charge is 0.0616 e. The molecule has 0 spiro atoms. The van der Waals surface area contributed by atoms with Crippen LogP contribution in [-0.2, 0) is 5.41 Å². The lowest BCUT2D eigenvalue weighted by Gasteiger charge is -2.57. The van der Waals surface area contributed by atoms with Crippen LogP contribution in [0.2, 0.25) is 0 Å². The van der Waals surface area contributed by atoms with Crippen LogP contribution in [0, 0.1) is 17.8 Å². The highest BCUT2D eigenvalue weighted by Crippen LogP contribution is 2.61. The van der Waals surface area contributed by atoms with Gasteiger partial charge in [0.15, 0.2) is 0 Å². The predicted molar refractivity (Wildman–Crippen MR) is 119 cm³/mol. The lowest BCUT2D eigenvalue weighted by Crippen LogP contribution is -2.48. The summed E-state index contributed by atoms with van der Waals surface area (Å²) >= 11 is 0. The summed E-state index contributed by atoms with van der Waals surface area (Å²) in [5.41, 5.74) is 2.11. The summed E-state index contributed by atoms with van der Waals surface area (Å²) in [5, 5.41) is 8.54. The molecule has 0 amide bonds. The first-order valence-electron chi connectivity index (χ1n) is 11.1. The number of fused-ring (bicyclic) bond motifs is 4. The zero-order valence-corrected chi connectivity index (χ0v) is 16.3. The average molecular weight is 363 g/mol. The van der Waals surface area contributed by atoms with Crippen molar-refractivity contribution in [1.82, 2.24) is 0 Å². The van der Waals surface area contributed by atoms with E-state index in [-0.39, 0.29) is 0 Å². The van der Waals surface area contributed by atoms with E-state index in [0.29, 0.717) is 5.41 Å². The van der Waals surface area contributed by atoms with Crippen molar-refractivity contribution in [2.45, 2.75) is 43.9 Å². The molecular weight excluding hydrogens is 336 g/mol. The highest BCUT2D eigenvalue weighted by Gasteiger charge is 2.52. The Morgan fingerprint density at radius 2 is 1.18 bits per heavy atom. The van der Waals surface area contributed by atoms with Crippen LogP contribution in [-0.4, -0.2) is 0 Å². The first kappa shape index (κ1) is 15.6. The maximum absolute atomic E-state index is 2.49. The Bertz CT molecular complexity index is 1210. The Morgan fingerprint density at radius 1 is 0.571 bits per heavy atom. The summed E-state index contributed by atoms with van der Waals surface area (Å²) < 4.78 is 0. The lowest BCUT2D eigenvalue weighted by molar-refractivity contribution is -0.00446. The smallest absolute Gasteiger partial charge is 0.00327 e. The van der Waals surface area contributed by atoms with E-state index in [1.165, 1.54) is 65.5 Å². The van der Waals surface area contributed by atoms with Crippen LogP contribution in [0.5, 0.6) is 0 Å². The Morgan fingerprint density at radius 3 is 1.89 bits per heavy atom. The van der Waals surface area contributed by atoms with Gasteiger partial charge in [-0.25, -0.2) is 0 Å². The monoisotopic (exact) mass is 362 g/mol. The van der Waals surface area contributed by atoms with Gasteiger partial charge >= 0.3 is 0 Å². The van der Waals surface area contributed by atoms with Crippen molar-refractivity contribution in [3.05, 3.63) is 72.3 Å². The van der Waals surface area contributed by atoms with Crippen LogP contribution in [0.1, 0.15) is 44.1 Å². The fraction of sp³-hybridized carbons (Fsp3) is 0.357. The zero-order valence-electron chi connectivity index (χ0n) is 16.3. The van der Waals surface area contributed by atoms with Gasteiger partial charge < -0.3 is 0 Å². The van der Waals surface area contributed by atoms with E-state index in [0.717, 1.165) is 17.8 Å². The van der Waals surface area contributed by atoms with Crippen molar-refractivity contribution in [1.29, 1.82) is 0 Å². The topological polar surface area (TPSA) is 0 Å². The normalized spacial score (nSPS) is 31.2. The molecular formula is C28H26. The number of hydrogen-bond acceptors (Lipinski definition) is 0. The molecule has 4 aromatic carbocycles. The van der Waals surface area contributed by atoms with Gasteiger partial charge in [-0.05, 0) is 112 Å². The van der Waals surface area contributed by atoms with Gasteiger partial charge in [0.05, 0.1) is 0 Å². The molecule has 28 heavy (non-hydrogen) atoms. The van der Waals surface area contributed by atoms with Crippen molar-refractivity contribution in [2.75, 3.05) is 0 Å². The van der Waals surface area contributed by atoms with Crippen LogP contribution in [0.4, 0.5) is 0 Å². The van der Waals surface area contributed by atoms with Gasteiger partial charge in [-0.15, -0.1) is 0 Å². The summed E-state index contributed by atoms with van der Waals surface area (Å²) in [7, 11) is 0. The van der Waals surface area contributed by atoms with E-state index in [1.807, 2.05) is 0 Å². The summed E-state index contributed by atoms with van der Waals surface area (Å²) in [6.45, 7) is 0. The number of rotatable bonds is 1. The molecule has 4 fully saturated rings. The molecule has 0 heteroatoms. The standard InChI is InChI=1S/C28H26/c1-2-5-23-14-25-24(13-22(23)4-1)9-8-21-6-3-7-26(27(21)25)28-15-18-10-19(16-28)12-20(11-18)17-28/h1-9,13-14,18-20H,10-12,15-17H2. The maximum Gasteiger partial charge on any atom is -0.00327 e. The van der Waals surface area contributed by atoms with Crippen LogP contribution in [0.25, 0.3) is 32.3 Å². The van der Waals surface area contributed by atoms with Crippen LogP contribution in [0.15, 0.2) is 66.7 Å². The van der Waals surface area contributed by atoms with Gasteiger partial charge in [0.1, 0.15) is 0 Å². The van der Waals surface area contributed by atoms with Gasteiger partial charge in [0.2, 0.25) is 0 Å². The maximum atomic E-state index is 2.49. The molecule has 0 atom stereocenters. The molecule has 4 aromatic rings. The minimum atomic E-state index is 0.439. The molecule has 0 unspecified atom stereocenters. The molecule has 0 radical (unpaired) electrons. The van der Waals surface area contributed by atoms with Crippen molar-refractivity contribution in [3.8, 4) is 0 Å². The molecule has 0 aromatic heterocycles. The number of hydrogen-bond donors (Lipinski definition) is 0. The fourth-order valence-corrected chi connectivity index (χ4v) is 7.68. The number of benzene rings is 4. The molecule has 4 bridgehead atoms. The second kappa shape index (κ2) is 5.38. The first-order chi connectivity index (χ1) is 13.8. The van der Waals surface area contributed by atoms with Gasteiger partial charge in [-0.1, -0.05) is 54.6 Å². The van der Waals surface area contributed by atoms with E-state index in [2.05, 4.69) is 66.7 Å². The Labute approximate surface area is 166 Å². The van der Waals surface area contributed by atoms with E-state index in [1.54, 1.807) is 10.9 Å². The SMILES string of the molecule is c1ccc2cc3c(ccc4cccc(C56CC7CC(CC(C7)C5)C6)c43)cc2c1. The predicted octanol–water partition coefficient (Wildman–Crippen LogP) is 7.61. The molecule has 4 aliphatic rings. The molecule has 4 aliphatic carbocycles. The summed E-state index contributed by atoms with van der Waals surface area (Å²) in [4.78, 5) is 0. The molecule has 0 N–H and O–H groups in total. The molecule has 138 valence electrons. The Kier molecular flexibility index (Phi) is 2.99. The van der Waals surface area contributed by atoms with Crippen LogP contribution < -0.4 is 0 Å². The summed E-state index contributed by atoms with van der Waals surface area (Å²) in [6, 6.07) is 25.5. The first-order valence-corrected chi connectivity index (χ1v) is 11.1. The molecule has 0 aliphatic heterocycles. The molecule has 8 rings (SSSR count). The molecule has 0 heterocycles. The summed E-state index contributed by atoms with van der Waals surface area (Å²) in [5.74, 6) is 2.95. The minimum absolute atomic E-state index is 0.439. The van der Waals surface area contributed by atoms with Crippen LogP contribution in [0.3, 0.4) is 0 Å². The highest BCUT2D eigenvalue weighted by atomic mass is 14.6. The van der Waals surface area contributed by atoms with Crippen molar-refractivity contribution < 1.29 is 0 Å². The van der Waals surface area contributed by atoms with Gasteiger partial charge in [-0.2, -0.15) is 0 Å². The quantitative estimate of drug-likeness (QED) is 0.241. The van der Waals surface area contributed by atoms with Crippen LogP contribution >= 0.6 is 0 Å².